The topological polar surface area (TPSA) is 88.8 Å². The number of carbonyl (C=O) groups is 1. The second-order valence-electron chi connectivity index (χ2n) is 11.8. The first-order valence-electron chi connectivity index (χ1n) is 14.8. The molecular weight excluding hydrogens is 585 g/mol. The van der Waals surface area contributed by atoms with Gasteiger partial charge in [-0.25, -0.2) is 4.39 Å². The van der Waals surface area contributed by atoms with Crippen LogP contribution in [0.15, 0.2) is 37.1 Å². The van der Waals surface area contributed by atoms with Gasteiger partial charge in [-0.15, -0.1) is 0 Å². The number of likely N-dealkylation sites (N-methyl/N-ethyl adjacent to an activating group) is 1. The van der Waals surface area contributed by atoms with Crippen LogP contribution in [-0.2, 0) is 16.6 Å². The fourth-order valence-electron chi connectivity index (χ4n) is 6.34. The van der Waals surface area contributed by atoms with Crippen LogP contribution >= 0.6 is 11.6 Å². The van der Waals surface area contributed by atoms with Crippen LogP contribution in [0.2, 0.25) is 5.02 Å². The summed E-state index contributed by atoms with van der Waals surface area (Å²) in [6, 6.07) is 5.42. The van der Waals surface area contributed by atoms with Gasteiger partial charge in [-0.1, -0.05) is 30.3 Å². The van der Waals surface area contributed by atoms with Crippen molar-refractivity contribution >= 4 is 45.1 Å². The zero-order chi connectivity index (χ0) is 31.3. The first-order valence-corrected chi connectivity index (χ1v) is 15.2. The van der Waals surface area contributed by atoms with E-state index in [9.17, 15) is 4.79 Å². The number of nitrogens with zero attached hydrogens (tertiary/aromatic N) is 7. The molecule has 2 aliphatic rings. The van der Waals surface area contributed by atoms with Crippen LogP contribution in [0.25, 0.3) is 32.9 Å². The Morgan fingerprint density at radius 3 is 2.73 bits per heavy atom. The van der Waals surface area contributed by atoms with Crippen molar-refractivity contribution < 1.29 is 18.7 Å². The largest absolute Gasteiger partial charge is 0.461 e. The Morgan fingerprint density at radius 2 is 1.98 bits per heavy atom. The molecule has 0 saturated carbocycles. The number of piperazine rings is 1. The molecule has 0 N–H and O–H groups in total. The molecule has 2 aliphatic heterocycles. The molecule has 12 heteroatoms. The summed E-state index contributed by atoms with van der Waals surface area (Å²) in [7, 11) is 3.86. The summed E-state index contributed by atoms with van der Waals surface area (Å²) < 4.78 is 30.7. The highest BCUT2D eigenvalue weighted by atomic mass is 35.5. The lowest BCUT2D eigenvalue weighted by Gasteiger charge is -2.44. The van der Waals surface area contributed by atoms with E-state index < -0.39 is 5.82 Å². The Hall–Kier alpha value is -3.80. The molecule has 3 atom stereocenters. The molecular formula is C32H37ClFN7O3. The molecule has 0 unspecified atom stereocenters. The van der Waals surface area contributed by atoms with Crippen LogP contribution < -0.4 is 9.64 Å². The van der Waals surface area contributed by atoms with E-state index in [1.54, 1.807) is 21.8 Å². The number of fused-ring (bicyclic) bond motifs is 2. The highest BCUT2D eigenvalue weighted by molar-refractivity contribution is 6.35. The van der Waals surface area contributed by atoms with Gasteiger partial charge in [0.15, 0.2) is 5.82 Å². The SMILES string of the molecule is C=CC(=O)N1C[C@H](C)N(c2nc(OC[C@@H]3CN(C)CCO3)nc3c(F)c(-c4c(C)ccc5cnn(C)c45)c(Cl)cc23)C[C@H]1C. The number of anilines is 1. The predicted molar refractivity (Wildman–Crippen MR) is 170 cm³/mol. The predicted octanol–water partition coefficient (Wildman–Crippen LogP) is 4.61. The minimum Gasteiger partial charge on any atom is -0.461 e. The minimum absolute atomic E-state index is 0.0522. The van der Waals surface area contributed by atoms with Crippen LogP contribution in [0, 0.1) is 12.7 Å². The van der Waals surface area contributed by atoms with E-state index in [1.807, 2.05) is 47.0 Å². The molecule has 4 aromatic rings. The third-order valence-corrected chi connectivity index (χ3v) is 8.96. The second kappa shape index (κ2) is 11.9. The molecule has 232 valence electrons. The van der Waals surface area contributed by atoms with Crippen LogP contribution in [0.5, 0.6) is 6.01 Å². The first kappa shape index (κ1) is 30.2. The van der Waals surface area contributed by atoms with Crippen molar-refractivity contribution in [1.82, 2.24) is 29.5 Å². The zero-order valence-corrected chi connectivity index (χ0v) is 26.4. The van der Waals surface area contributed by atoms with Crippen LogP contribution in [0.4, 0.5) is 10.2 Å². The van der Waals surface area contributed by atoms with E-state index in [-0.39, 0.29) is 52.8 Å². The lowest BCUT2D eigenvalue weighted by atomic mass is 9.96. The van der Waals surface area contributed by atoms with Gasteiger partial charge >= 0.3 is 6.01 Å². The highest BCUT2D eigenvalue weighted by Crippen LogP contribution is 2.43. The average Bonchev–Trinajstić information content (AvgIpc) is 3.38. The number of aryl methyl sites for hydroxylation is 2. The maximum Gasteiger partial charge on any atom is 0.319 e. The Kier molecular flexibility index (Phi) is 8.21. The summed E-state index contributed by atoms with van der Waals surface area (Å²) >= 11 is 6.95. The standard InChI is InChI=1S/C32H37ClFN7O3/c1-7-25(42)40-14-20(4)41(15-19(40)3)31-23-12-24(33)27(26-18(2)8-9-21-13-35-39(6)30(21)26)28(34)29(23)36-32(37-31)44-17-22-16-38(5)10-11-43-22/h7-9,12-13,19-20,22H,1,10-11,14-17H2,2-6H3/t19-,20+,22+/m1/s1. The Bertz CT molecular complexity index is 1760. The summed E-state index contributed by atoms with van der Waals surface area (Å²) in [6.45, 7) is 12.9. The van der Waals surface area contributed by atoms with Gasteiger partial charge in [0.05, 0.1) is 23.3 Å². The van der Waals surface area contributed by atoms with Crippen molar-refractivity contribution in [3.05, 3.63) is 53.5 Å². The van der Waals surface area contributed by atoms with Crippen molar-refractivity contribution in [1.29, 1.82) is 0 Å². The molecule has 0 bridgehead atoms. The molecule has 4 heterocycles. The van der Waals surface area contributed by atoms with Gasteiger partial charge in [0.25, 0.3) is 0 Å². The van der Waals surface area contributed by atoms with E-state index >= 15 is 4.39 Å². The van der Waals surface area contributed by atoms with Crippen molar-refractivity contribution in [3.63, 3.8) is 0 Å². The normalized spacial score (nSPS) is 21.3. The summed E-state index contributed by atoms with van der Waals surface area (Å²) in [6.07, 6.45) is 2.91. The maximum absolute atomic E-state index is 16.9. The number of hydrogen-bond acceptors (Lipinski definition) is 8. The van der Waals surface area contributed by atoms with Gasteiger partial charge in [-0.3, -0.25) is 9.48 Å². The molecule has 1 amide bonds. The number of hydrogen-bond donors (Lipinski definition) is 0. The van der Waals surface area contributed by atoms with Crippen molar-refractivity contribution in [2.75, 3.05) is 51.3 Å². The summed E-state index contributed by atoms with van der Waals surface area (Å²) in [5.74, 6) is -0.191. The number of aromatic nitrogens is 4. The number of benzene rings is 2. The fourth-order valence-corrected chi connectivity index (χ4v) is 6.62. The summed E-state index contributed by atoms with van der Waals surface area (Å²) in [4.78, 5) is 28.0. The molecule has 2 fully saturated rings. The van der Waals surface area contributed by atoms with Gasteiger partial charge in [0.2, 0.25) is 5.91 Å². The molecule has 2 aromatic carbocycles. The Labute approximate surface area is 261 Å². The average molecular weight is 622 g/mol. The minimum atomic E-state index is -0.562. The first-order chi connectivity index (χ1) is 21.1. The van der Waals surface area contributed by atoms with Gasteiger partial charge in [-0.05, 0) is 45.5 Å². The van der Waals surface area contributed by atoms with Gasteiger partial charge < -0.3 is 24.2 Å². The zero-order valence-electron chi connectivity index (χ0n) is 25.7. The monoisotopic (exact) mass is 621 g/mol. The third-order valence-electron chi connectivity index (χ3n) is 8.66. The molecule has 2 aromatic heterocycles. The number of ether oxygens (including phenoxy) is 2. The van der Waals surface area contributed by atoms with Gasteiger partial charge in [-0.2, -0.15) is 15.1 Å². The lowest BCUT2D eigenvalue weighted by molar-refractivity contribution is -0.128. The number of halogens is 2. The molecule has 10 nitrogen and oxygen atoms in total. The number of rotatable bonds is 6. The fraction of sp³-hybridized carbons (Fsp3) is 0.438. The Morgan fingerprint density at radius 1 is 1.18 bits per heavy atom. The quantitative estimate of drug-likeness (QED) is 0.289. The smallest absolute Gasteiger partial charge is 0.319 e. The van der Waals surface area contributed by atoms with E-state index in [0.29, 0.717) is 43.0 Å². The molecule has 0 aliphatic carbocycles. The van der Waals surface area contributed by atoms with E-state index in [2.05, 4.69) is 26.5 Å². The van der Waals surface area contributed by atoms with Crippen LogP contribution in [-0.4, -0.2) is 100 Å². The summed E-state index contributed by atoms with van der Waals surface area (Å²) in [5, 5.41) is 5.98. The number of amides is 1. The van der Waals surface area contributed by atoms with E-state index in [4.69, 9.17) is 26.1 Å². The maximum atomic E-state index is 16.9. The molecule has 0 radical (unpaired) electrons. The van der Waals surface area contributed by atoms with Crippen molar-refractivity contribution in [3.8, 4) is 17.1 Å². The second-order valence-corrected chi connectivity index (χ2v) is 12.3. The van der Waals surface area contributed by atoms with E-state index in [1.165, 1.54) is 6.08 Å². The lowest BCUT2D eigenvalue weighted by Crippen LogP contribution is -2.58. The molecule has 44 heavy (non-hydrogen) atoms. The van der Waals surface area contributed by atoms with Crippen LogP contribution in [0.1, 0.15) is 19.4 Å². The third kappa shape index (κ3) is 5.37. The molecule has 0 spiro atoms. The van der Waals surface area contributed by atoms with E-state index in [0.717, 1.165) is 23.0 Å². The summed E-state index contributed by atoms with van der Waals surface area (Å²) in [5.41, 5.74) is 2.65. The molecule has 2 saturated heterocycles. The molecule has 6 rings (SSSR count). The van der Waals surface area contributed by atoms with Crippen molar-refractivity contribution in [2.45, 2.75) is 39.0 Å². The van der Waals surface area contributed by atoms with Crippen LogP contribution in [0.3, 0.4) is 0 Å². The number of morpholine rings is 1. The van der Waals surface area contributed by atoms with Gasteiger partial charge in [0.1, 0.15) is 24.0 Å². The van der Waals surface area contributed by atoms with Crippen molar-refractivity contribution in [2.24, 2.45) is 7.05 Å². The number of carbonyl (C=O) groups excluding carboxylic acids is 1. The Balaban J connectivity index is 1.50. The highest BCUT2D eigenvalue weighted by Gasteiger charge is 2.34. The van der Waals surface area contributed by atoms with Gasteiger partial charge in [0, 0.05) is 67.2 Å².